The number of nitrogens with one attached hydrogen (secondary N) is 2. The number of thiophene rings is 1. The highest BCUT2D eigenvalue weighted by Gasteiger charge is 2.09. The summed E-state index contributed by atoms with van der Waals surface area (Å²) < 4.78 is 1.12. The number of rotatable bonds is 7. The van der Waals surface area contributed by atoms with E-state index < -0.39 is 0 Å². The first-order valence-electron chi connectivity index (χ1n) is 6.29. The lowest BCUT2D eigenvalue weighted by Gasteiger charge is -2.14. The molecule has 0 saturated carbocycles. The Morgan fingerprint density at radius 3 is 2.78 bits per heavy atom. The van der Waals surface area contributed by atoms with Gasteiger partial charge < -0.3 is 10.6 Å². The average Bonchev–Trinajstić information content (AvgIpc) is 2.75. The van der Waals surface area contributed by atoms with Crippen molar-refractivity contribution in [3.63, 3.8) is 0 Å². The molecule has 0 aliphatic heterocycles. The van der Waals surface area contributed by atoms with Crippen molar-refractivity contribution in [2.24, 2.45) is 0 Å². The summed E-state index contributed by atoms with van der Waals surface area (Å²) in [6.07, 6.45) is 1.50. The van der Waals surface area contributed by atoms with Crippen LogP contribution in [0.25, 0.3) is 0 Å². The maximum atomic E-state index is 11.6. The van der Waals surface area contributed by atoms with Gasteiger partial charge in [0.1, 0.15) is 0 Å². The smallest absolute Gasteiger partial charge is 0.221 e. The number of amides is 1. The molecule has 0 fully saturated rings. The van der Waals surface area contributed by atoms with Gasteiger partial charge in [-0.3, -0.25) is 4.79 Å². The Labute approximate surface area is 121 Å². The summed E-state index contributed by atoms with van der Waals surface area (Å²) in [5.41, 5.74) is 0. The van der Waals surface area contributed by atoms with Crippen LogP contribution in [0.2, 0.25) is 0 Å². The monoisotopic (exact) mass is 332 g/mol. The maximum absolute atomic E-state index is 11.6. The zero-order valence-corrected chi connectivity index (χ0v) is 13.5. The van der Waals surface area contributed by atoms with Gasteiger partial charge in [-0.05, 0) is 42.3 Å². The molecule has 18 heavy (non-hydrogen) atoms. The molecule has 1 aromatic heterocycles. The van der Waals surface area contributed by atoms with Crippen LogP contribution in [-0.2, 0) is 4.79 Å². The first-order chi connectivity index (χ1) is 8.52. The van der Waals surface area contributed by atoms with Gasteiger partial charge in [-0.2, -0.15) is 0 Å². The molecular weight excluding hydrogens is 312 g/mol. The van der Waals surface area contributed by atoms with Crippen LogP contribution in [-0.4, -0.2) is 18.5 Å². The van der Waals surface area contributed by atoms with Gasteiger partial charge in [0, 0.05) is 39.8 Å². The zero-order valence-electron chi connectivity index (χ0n) is 11.1. The number of carbonyl (C=O) groups excluding carboxylic acids is 1. The molecule has 0 aliphatic rings. The van der Waals surface area contributed by atoms with Gasteiger partial charge in [0.25, 0.3) is 0 Å². The number of hydrogen-bond acceptors (Lipinski definition) is 3. The quantitative estimate of drug-likeness (QED) is 0.802. The molecule has 1 amide bonds. The average molecular weight is 333 g/mol. The van der Waals surface area contributed by atoms with E-state index in [9.17, 15) is 4.79 Å². The van der Waals surface area contributed by atoms with Gasteiger partial charge in [0.2, 0.25) is 5.91 Å². The fourth-order valence-electron chi connectivity index (χ4n) is 1.51. The van der Waals surface area contributed by atoms with Crippen LogP contribution in [0.15, 0.2) is 15.9 Å². The molecule has 0 bridgehead atoms. The number of hydrogen-bond donors (Lipinski definition) is 2. The molecule has 1 heterocycles. The van der Waals surface area contributed by atoms with Crippen LogP contribution in [0.4, 0.5) is 0 Å². The molecular formula is C13H21BrN2OS. The molecule has 0 spiro atoms. The molecule has 0 aromatic carbocycles. The van der Waals surface area contributed by atoms with E-state index in [1.54, 1.807) is 11.3 Å². The van der Waals surface area contributed by atoms with Gasteiger partial charge in [-0.25, -0.2) is 0 Å². The Morgan fingerprint density at radius 2 is 2.22 bits per heavy atom. The molecule has 1 aromatic rings. The predicted molar refractivity (Wildman–Crippen MR) is 80.9 cm³/mol. The highest BCUT2D eigenvalue weighted by Crippen LogP contribution is 2.25. The molecule has 2 atom stereocenters. The van der Waals surface area contributed by atoms with Crippen molar-refractivity contribution in [1.82, 2.24) is 10.6 Å². The number of carbonyl (C=O) groups is 1. The first kappa shape index (κ1) is 15.7. The van der Waals surface area contributed by atoms with Gasteiger partial charge >= 0.3 is 0 Å². The predicted octanol–water partition coefficient (Wildman–Crippen LogP) is 3.47. The van der Waals surface area contributed by atoms with Gasteiger partial charge in [0.15, 0.2) is 0 Å². The highest BCUT2D eigenvalue weighted by atomic mass is 79.9. The minimum absolute atomic E-state index is 0.122. The Kier molecular flexibility index (Phi) is 6.89. The van der Waals surface area contributed by atoms with E-state index in [0.717, 1.165) is 10.9 Å². The second kappa shape index (κ2) is 7.92. The second-order valence-electron chi connectivity index (χ2n) is 4.47. The van der Waals surface area contributed by atoms with E-state index in [-0.39, 0.29) is 18.0 Å². The molecule has 0 aliphatic carbocycles. The summed E-state index contributed by atoms with van der Waals surface area (Å²) in [6, 6.07) is 2.67. The standard InChI is InChI=1S/C13H21BrN2OS/c1-4-9(2)16-13(17)5-6-15-10(3)12-7-11(14)8-18-12/h7-10,15H,4-6H2,1-3H3,(H,16,17). The lowest BCUT2D eigenvalue weighted by atomic mass is 10.2. The van der Waals surface area contributed by atoms with E-state index in [4.69, 9.17) is 0 Å². The van der Waals surface area contributed by atoms with Crippen LogP contribution in [0.1, 0.15) is 44.5 Å². The third-order valence-electron chi connectivity index (χ3n) is 2.84. The Morgan fingerprint density at radius 1 is 1.50 bits per heavy atom. The highest BCUT2D eigenvalue weighted by molar-refractivity contribution is 9.10. The molecule has 1 rings (SSSR count). The van der Waals surface area contributed by atoms with Crippen LogP contribution in [0.3, 0.4) is 0 Å². The third-order valence-corrected chi connectivity index (χ3v) is 4.71. The van der Waals surface area contributed by atoms with Crippen molar-refractivity contribution in [2.75, 3.05) is 6.54 Å². The maximum Gasteiger partial charge on any atom is 0.221 e. The van der Waals surface area contributed by atoms with Crippen molar-refractivity contribution >= 4 is 33.2 Å². The van der Waals surface area contributed by atoms with Crippen molar-refractivity contribution < 1.29 is 4.79 Å². The molecule has 2 unspecified atom stereocenters. The van der Waals surface area contributed by atoms with Crippen molar-refractivity contribution in [3.05, 3.63) is 20.8 Å². The lowest BCUT2D eigenvalue weighted by Crippen LogP contribution is -2.34. The minimum atomic E-state index is 0.122. The van der Waals surface area contributed by atoms with E-state index in [1.807, 2.05) is 6.92 Å². The topological polar surface area (TPSA) is 41.1 Å². The van der Waals surface area contributed by atoms with Crippen LogP contribution in [0.5, 0.6) is 0 Å². The number of halogens is 1. The Hall–Kier alpha value is -0.390. The second-order valence-corrected chi connectivity index (χ2v) is 6.33. The Balaban J connectivity index is 2.23. The zero-order chi connectivity index (χ0) is 13.5. The van der Waals surface area contributed by atoms with Crippen LogP contribution >= 0.6 is 27.3 Å². The molecule has 5 heteroatoms. The summed E-state index contributed by atoms with van der Waals surface area (Å²) in [7, 11) is 0. The fraction of sp³-hybridized carbons (Fsp3) is 0.615. The largest absolute Gasteiger partial charge is 0.354 e. The summed E-state index contributed by atoms with van der Waals surface area (Å²) in [5, 5.41) is 8.40. The van der Waals surface area contributed by atoms with Gasteiger partial charge in [0.05, 0.1) is 0 Å². The Bertz CT molecular complexity index is 381. The third kappa shape index (κ3) is 5.50. The fourth-order valence-corrected chi connectivity index (χ4v) is 2.98. The summed E-state index contributed by atoms with van der Waals surface area (Å²) >= 11 is 5.17. The minimum Gasteiger partial charge on any atom is -0.354 e. The molecule has 0 saturated heterocycles. The first-order valence-corrected chi connectivity index (χ1v) is 7.96. The van der Waals surface area contributed by atoms with E-state index in [0.29, 0.717) is 13.0 Å². The van der Waals surface area contributed by atoms with E-state index in [1.165, 1.54) is 4.88 Å². The summed E-state index contributed by atoms with van der Waals surface area (Å²) in [6.45, 7) is 6.92. The van der Waals surface area contributed by atoms with E-state index >= 15 is 0 Å². The van der Waals surface area contributed by atoms with Crippen LogP contribution in [0, 0.1) is 0 Å². The molecule has 0 radical (unpaired) electrons. The summed E-state index contributed by atoms with van der Waals surface area (Å²) in [4.78, 5) is 12.9. The molecule has 102 valence electrons. The summed E-state index contributed by atoms with van der Waals surface area (Å²) in [5.74, 6) is 0.122. The van der Waals surface area contributed by atoms with Crippen molar-refractivity contribution in [1.29, 1.82) is 0 Å². The normalized spacial score (nSPS) is 14.2. The van der Waals surface area contributed by atoms with Gasteiger partial charge in [-0.15, -0.1) is 11.3 Å². The van der Waals surface area contributed by atoms with Gasteiger partial charge in [-0.1, -0.05) is 6.92 Å². The molecule has 3 nitrogen and oxygen atoms in total. The van der Waals surface area contributed by atoms with Crippen molar-refractivity contribution in [2.45, 2.75) is 45.7 Å². The molecule has 2 N–H and O–H groups in total. The van der Waals surface area contributed by atoms with Crippen LogP contribution < -0.4 is 10.6 Å². The van der Waals surface area contributed by atoms with Crippen molar-refractivity contribution in [3.8, 4) is 0 Å². The SMILES string of the molecule is CCC(C)NC(=O)CCNC(C)c1cc(Br)cs1. The lowest BCUT2D eigenvalue weighted by molar-refractivity contribution is -0.121. The van der Waals surface area contributed by atoms with E-state index in [2.05, 4.69) is 51.9 Å².